The highest BCUT2D eigenvalue weighted by Gasteiger charge is 2.35. The van der Waals surface area contributed by atoms with Crippen molar-refractivity contribution in [2.75, 3.05) is 13.2 Å². The van der Waals surface area contributed by atoms with Gasteiger partial charge in [-0.25, -0.2) is 0 Å². The van der Waals surface area contributed by atoms with Crippen molar-refractivity contribution in [3.8, 4) is 0 Å². The van der Waals surface area contributed by atoms with Crippen molar-refractivity contribution in [3.63, 3.8) is 0 Å². The van der Waals surface area contributed by atoms with E-state index in [1.807, 2.05) is 0 Å². The van der Waals surface area contributed by atoms with Crippen LogP contribution >= 0.6 is 0 Å². The fourth-order valence-corrected chi connectivity index (χ4v) is 2.82. The van der Waals surface area contributed by atoms with Gasteiger partial charge in [0.15, 0.2) is 0 Å². The summed E-state index contributed by atoms with van der Waals surface area (Å²) in [6.45, 7) is 1.42. The molecule has 2 fully saturated rings. The van der Waals surface area contributed by atoms with Crippen molar-refractivity contribution in [1.82, 2.24) is 5.32 Å². The number of nitrogens with one attached hydrogen (secondary N) is 1. The third kappa shape index (κ3) is 2.05. The summed E-state index contributed by atoms with van der Waals surface area (Å²) < 4.78 is 0. The van der Waals surface area contributed by atoms with Crippen molar-refractivity contribution in [3.05, 3.63) is 0 Å². The van der Waals surface area contributed by atoms with Crippen LogP contribution in [0.1, 0.15) is 38.5 Å². The van der Waals surface area contributed by atoms with Crippen molar-refractivity contribution in [2.24, 2.45) is 11.8 Å². The maximum absolute atomic E-state index is 9.12. The number of aliphatic hydroxyl groups is 1. The lowest BCUT2D eigenvalue weighted by Gasteiger charge is -2.42. The first-order valence-electron chi connectivity index (χ1n) is 5.76. The molecule has 0 aromatic heterocycles. The lowest BCUT2D eigenvalue weighted by atomic mass is 9.79. The smallest absolute Gasteiger partial charge is 0.0486 e. The van der Waals surface area contributed by atoms with Gasteiger partial charge in [-0.05, 0) is 18.8 Å². The van der Waals surface area contributed by atoms with Gasteiger partial charge in [0.1, 0.15) is 0 Å². The van der Waals surface area contributed by atoms with Crippen LogP contribution < -0.4 is 5.32 Å². The third-order valence-corrected chi connectivity index (χ3v) is 3.77. The van der Waals surface area contributed by atoms with Crippen LogP contribution in [-0.4, -0.2) is 24.3 Å². The Labute approximate surface area is 80.7 Å². The van der Waals surface area contributed by atoms with Crippen molar-refractivity contribution >= 4 is 0 Å². The van der Waals surface area contributed by atoms with Crippen LogP contribution in [0.4, 0.5) is 0 Å². The van der Waals surface area contributed by atoms with Gasteiger partial charge in [0.2, 0.25) is 0 Å². The van der Waals surface area contributed by atoms with Gasteiger partial charge in [0, 0.05) is 25.1 Å². The fourth-order valence-electron chi connectivity index (χ4n) is 2.82. The van der Waals surface area contributed by atoms with E-state index in [0.29, 0.717) is 18.6 Å². The molecule has 2 heteroatoms. The fraction of sp³-hybridized carbons (Fsp3) is 1.00. The second-order valence-electron chi connectivity index (χ2n) is 4.63. The molecule has 1 aliphatic heterocycles. The Hall–Kier alpha value is -0.0800. The zero-order valence-electron chi connectivity index (χ0n) is 8.34. The molecule has 0 aromatic rings. The molecule has 2 unspecified atom stereocenters. The van der Waals surface area contributed by atoms with Crippen LogP contribution in [-0.2, 0) is 0 Å². The summed E-state index contributed by atoms with van der Waals surface area (Å²) in [4.78, 5) is 0. The van der Waals surface area contributed by atoms with Gasteiger partial charge < -0.3 is 10.4 Å². The lowest BCUT2D eigenvalue weighted by molar-refractivity contribution is 0.0848. The molecule has 0 amide bonds. The van der Waals surface area contributed by atoms with Crippen molar-refractivity contribution < 1.29 is 5.11 Å². The Balaban J connectivity index is 1.84. The molecule has 0 aromatic carbocycles. The summed E-state index contributed by atoms with van der Waals surface area (Å²) in [5.41, 5.74) is 0. The van der Waals surface area contributed by atoms with Gasteiger partial charge in [-0.1, -0.05) is 25.7 Å². The zero-order valence-corrected chi connectivity index (χ0v) is 8.34. The maximum Gasteiger partial charge on any atom is 0.0486 e. The minimum atomic E-state index is 0.383. The van der Waals surface area contributed by atoms with Gasteiger partial charge in [0.05, 0.1) is 0 Å². The van der Waals surface area contributed by atoms with Crippen molar-refractivity contribution in [2.45, 2.75) is 44.6 Å². The molecule has 13 heavy (non-hydrogen) atoms. The zero-order chi connectivity index (χ0) is 9.10. The number of hydrogen-bond donors (Lipinski definition) is 2. The van der Waals surface area contributed by atoms with Gasteiger partial charge in [-0.15, -0.1) is 0 Å². The molecular formula is C11H21NO. The Kier molecular flexibility index (Phi) is 3.23. The Morgan fingerprint density at radius 3 is 2.23 bits per heavy atom. The molecule has 0 bridgehead atoms. The quantitative estimate of drug-likeness (QED) is 0.636. The summed E-state index contributed by atoms with van der Waals surface area (Å²) in [6.07, 6.45) is 8.42. The van der Waals surface area contributed by atoms with E-state index >= 15 is 0 Å². The summed E-state index contributed by atoms with van der Waals surface area (Å²) in [6, 6.07) is 0.642. The lowest BCUT2D eigenvalue weighted by Crippen LogP contribution is -2.58. The molecule has 2 aliphatic rings. The molecular weight excluding hydrogens is 162 g/mol. The molecule has 76 valence electrons. The summed E-state index contributed by atoms with van der Waals surface area (Å²) >= 11 is 0. The molecule has 1 saturated carbocycles. The second kappa shape index (κ2) is 4.43. The second-order valence-corrected chi connectivity index (χ2v) is 4.63. The first-order chi connectivity index (χ1) is 6.42. The van der Waals surface area contributed by atoms with E-state index in [1.165, 1.54) is 38.5 Å². The van der Waals surface area contributed by atoms with E-state index in [-0.39, 0.29) is 0 Å². The Morgan fingerprint density at radius 1 is 1.08 bits per heavy atom. The van der Waals surface area contributed by atoms with Crippen molar-refractivity contribution in [1.29, 1.82) is 0 Å². The molecule has 0 spiro atoms. The van der Waals surface area contributed by atoms with Gasteiger partial charge in [0.25, 0.3) is 0 Å². The van der Waals surface area contributed by atoms with Crippen LogP contribution in [0, 0.1) is 11.8 Å². The molecule has 2 N–H and O–H groups in total. The standard InChI is InChI=1S/C11H21NO/c13-8-10-7-12-11(10)9-5-3-1-2-4-6-9/h9-13H,1-8H2. The third-order valence-electron chi connectivity index (χ3n) is 3.77. The number of rotatable bonds is 2. The van der Waals surface area contributed by atoms with Crippen LogP contribution in [0.3, 0.4) is 0 Å². The molecule has 1 heterocycles. The first kappa shape index (κ1) is 9.47. The topological polar surface area (TPSA) is 32.3 Å². The van der Waals surface area contributed by atoms with E-state index in [1.54, 1.807) is 0 Å². The predicted molar refractivity (Wildman–Crippen MR) is 53.6 cm³/mol. The first-order valence-corrected chi connectivity index (χ1v) is 5.76. The minimum Gasteiger partial charge on any atom is -0.396 e. The summed E-state index contributed by atoms with van der Waals surface area (Å²) in [7, 11) is 0. The molecule has 2 rings (SSSR count). The highest BCUT2D eigenvalue weighted by molar-refractivity contribution is 4.92. The molecule has 2 nitrogen and oxygen atoms in total. The Morgan fingerprint density at radius 2 is 1.77 bits per heavy atom. The largest absolute Gasteiger partial charge is 0.396 e. The van der Waals surface area contributed by atoms with E-state index in [0.717, 1.165) is 12.5 Å². The number of hydrogen-bond acceptors (Lipinski definition) is 2. The highest BCUT2D eigenvalue weighted by Crippen LogP contribution is 2.31. The van der Waals surface area contributed by atoms with Crippen LogP contribution in [0.25, 0.3) is 0 Å². The molecule has 2 atom stereocenters. The average Bonchev–Trinajstić information content (AvgIpc) is 2.32. The highest BCUT2D eigenvalue weighted by atomic mass is 16.3. The summed E-state index contributed by atoms with van der Waals surface area (Å²) in [5.74, 6) is 1.41. The van der Waals surface area contributed by atoms with Crippen LogP contribution in [0.15, 0.2) is 0 Å². The van der Waals surface area contributed by atoms with Crippen LogP contribution in [0.2, 0.25) is 0 Å². The molecule has 0 radical (unpaired) electrons. The summed E-state index contributed by atoms with van der Waals surface area (Å²) in [5, 5.41) is 12.6. The predicted octanol–water partition coefficient (Wildman–Crippen LogP) is 1.54. The van der Waals surface area contributed by atoms with E-state index < -0.39 is 0 Å². The monoisotopic (exact) mass is 183 g/mol. The molecule has 1 saturated heterocycles. The Bertz CT molecular complexity index is 150. The average molecular weight is 183 g/mol. The maximum atomic E-state index is 9.12. The number of aliphatic hydroxyl groups excluding tert-OH is 1. The van der Waals surface area contributed by atoms with Gasteiger partial charge in [-0.2, -0.15) is 0 Å². The van der Waals surface area contributed by atoms with E-state index in [2.05, 4.69) is 5.32 Å². The van der Waals surface area contributed by atoms with Gasteiger partial charge in [-0.3, -0.25) is 0 Å². The molecule has 1 aliphatic carbocycles. The van der Waals surface area contributed by atoms with Gasteiger partial charge >= 0.3 is 0 Å². The van der Waals surface area contributed by atoms with E-state index in [4.69, 9.17) is 5.11 Å². The van der Waals surface area contributed by atoms with E-state index in [9.17, 15) is 0 Å². The minimum absolute atomic E-state index is 0.383. The SMILES string of the molecule is OCC1CNC1C1CCCCCC1. The normalized spacial score (nSPS) is 36.7. The van der Waals surface area contributed by atoms with Crippen LogP contribution in [0.5, 0.6) is 0 Å².